The highest BCUT2D eigenvalue weighted by atomic mass is 32.2. The Morgan fingerprint density at radius 2 is 2.00 bits per heavy atom. The Bertz CT molecular complexity index is 538. The first-order valence-corrected chi connectivity index (χ1v) is 7.97. The lowest BCUT2D eigenvalue weighted by atomic mass is 9.85. The van der Waals surface area contributed by atoms with Crippen molar-refractivity contribution in [1.29, 1.82) is 0 Å². The molecule has 0 aliphatic carbocycles. The van der Waals surface area contributed by atoms with Crippen molar-refractivity contribution < 1.29 is 8.42 Å². The minimum absolute atomic E-state index is 0.212. The monoisotopic (exact) mass is 283 g/mol. The zero-order chi connectivity index (χ0) is 14.1. The van der Waals surface area contributed by atoms with Crippen molar-refractivity contribution in [2.24, 2.45) is 5.41 Å². The van der Waals surface area contributed by atoms with Gasteiger partial charge in [0.2, 0.25) is 10.0 Å². The Balaban J connectivity index is 2.22. The molecule has 0 bridgehead atoms. The Kier molecular flexibility index (Phi) is 3.82. The van der Waals surface area contributed by atoms with Crippen molar-refractivity contribution in [3.05, 3.63) is 18.3 Å². The van der Waals surface area contributed by atoms with Gasteiger partial charge in [0, 0.05) is 19.3 Å². The summed E-state index contributed by atoms with van der Waals surface area (Å²) in [6.07, 6.45) is 4.17. The van der Waals surface area contributed by atoms with Gasteiger partial charge in [0.25, 0.3) is 0 Å². The lowest BCUT2D eigenvalue weighted by Crippen LogP contribution is -2.32. The molecule has 6 heteroatoms. The zero-order valence-corrected chi connectivity index (χ0v) is 12.3. The van der Waals surface area contributed by atoms with E-state index < -0.39 is 10.0 Å². The highest BCUT2D eigenvalue weighted by Gasteiger charge is 2.30. The summed E-state index contributed by atoms with van der Waals surface area (Å²) < 4.78 is 26.6. The van der Waals surface area contributed by atoms with Gasteiger partial charge in [-0.05, 0) is 36.8 Å². The third kappa shape index (κ3) is 3.25. The molecule has 1 aromatic heterocycles. The van der Waals surface area contributed by atoms with Gasteiger partial charge in [-0.2, -0.15) is 4.31 Å². The number of hydrogen-bond acceptors (Lipinski definition) is 4. The molecular formula is C13H21N3O2S. The van der Waals surface area contributed by atoms with Crippen LogP contribution in [0.15, 0.2) is 23.2 Å². The fourth-order valence-electron chi connectivity index (χ4n) is 2.33. The second kappa shape index (κ2) is 5.09. The maximum atomic E-state index is 12.5. The van der Waals surface area contributed by atoms with Gasteiger partial charge >= 0.3 is 0 Å². The molecule has 0 unspecified atom stereocenters. The highest BCUT2D eigenvalue weighted by Crippen LogP contribution is 2.31. The number of nitrogens with two attached hydrogens (primary N) is 1. The topological polar surface area (TPSA) is 76.3 Å². The van der Waals surface area contributed by atoms with Crippen LogP contribution in [-0.2, 0) is 10.0 Å². The van der Waals surface area contributed by atoms with Crippen LogP contribution in [-0.4, -0.2) is 30.8 Å². The lowest BCUT2D eigenvalue weighted by molar-refractivity contribution is 0.315. The maximum Gasteiger partial charge on any atom is 0.244 e. The van der Waals surface area contributed by atoms with E-state index in [0.29, 0.717) is 18.9 Å². The molecule has 19 heavy (non-hydrogen) atoms. The molecule has 1 aromatic rings. The fraction of sp³-hybridized carbons (Fsp3) is 0.615. The van der Waals surface area contributed by atoms with E-state index in [4.69, 9.17) is 5.73 Å². The van der Waals surface area contributed by atoms with E-state index in [9.17, 15) is 8.42 Å². The van der Waals surface area contributed by atoms with Gasteiger partial charge in [0.15, 0.2) is 0 Å². The molecule has 1 aliphatic heterocycles. The maximum absolute atomic E-state index is 12.5. The van der Waals surface area contributed by atoms with Crippen LogP contribution >= 0.6 is 0 Å². The summed E-state index contributed by atoms with van der Waals surface area (Å²) in [5.74, 6) is 0.330. The molecule has 2 heterocycles. The van der Waals surface area contributed by atoms with Gasteiger partial charge in [0.1, 0.15) is 10.7 Å². The third-order valence-electron chi connectivity index (χ3n) is 3.70. The van der Waals surface area contributed by atoms with Gasteiger partial charge in [0.05, 0.1) is 0 Å². The van der Waals surface area contributed by atoms with Crippen LogP contribution in [0.1, 0.15) is 33.1 Å². The van der Waals surface area contributed by atoms with E-state index in [2.05, 4.69) is 18.8 Å². The van der Waals surface area contributed by atoms with Crippen LogP contribution in [0.25, 0.3) is 0 Å². The molecule has 5 nitrogen and oxygen atoms in total. The summed E-state index contributed by atoms with van der Waals surface area (Å²) in [6, 6.07) is 3.04. The average molecular weight is 283 g/mol. The normalized spacial score (nSPS) is 20.9. The summed E-state index contributed by atoms with van der Waals surface area (Å²) in [7, 11) is -3.44. The first-order chi connectivity index (χ1) is 8.81. The van der Waals surface area contributed by atoms with Crippen LogP contribution < -0.4 is 5.73 Å². The van der Waals surface area contributed by atoms with E-state index in [1.807, 2.05) is 0 Å². The van der Waals surface area contributed by atoms with Crippen LogP contribution in [0, 0.1) is 5.41 Å². The van der Waals surface area contributed by atoms with Crippen LogP contribution in [0.5, 0.6) is 0 Å². The molecule has 0 radical (unpaired) electrons. The second-order valence-corrected chi connectivity index (χ2v) is 7.78. The quantitative estimate of drug-likeness (QED) is 0.899. The fourth-order valence-corrected chi connectivity index (χ4v) is 3.76. The highest BCUT2D eigenvalue weighted by molar-refractivity contribution is 7.89. The predicted octanol–water partition coefficient (Wildman–Crippen LogP) is 1.86. The Morgan fingerprint density at radius 1 is 1.26 bits per heavy atom. The molecule has 106 valence electrons. The van der Waals surface area contributed by atoms with Gasteiger partial charge < -0.3 is 5.73 Å². The Labute approximate surface area is 114 Å². The molecule has 0 atom stereocenters. The summed E-state index contributed by atoms with van der Waals surface area (Å²) in [5.41, 5.74) is 5.70. The molecule has 2 N–H and O–H groups in total. The average Bonchev–Trinajstić information content (AvgIpc) is 2.51. The van der Waals surface area contributed by atoms with Gasteiger partial charge in [-0.3, -0.25) is 0 Å². The van der Waals surface area contributed by atoms with Gasteiger partial charge in [-0.1, -0.05) is 13.8 Å². The molecule has 1 fully saturated rings. The molecule has 2 rings (SSSR count). The summed E-state index contributed by atoms with van der Waals surface area (Å²) in [6.45, 7) is 5.53. The number of rotatable bonds is 2. The van der Waals surface area contributed by atoms with Gasteiger partial charge in [-0.15, -0.1) is 0 Å². The van der Waals surface area contributed by atoms with Crippen molar-refractivity contribution in [2.45, 2.75) is 38.0 Å². The van der Waals surface area contributed by atoms with Crippen LogP contribution in [0.4, 0.5) is 5.82 Å². The zero-order valence-electron chi connectivity index (χ0n) is 11.5. The van der Waals surface area contributed by atoms with Crippen molar-refractivity contribution in [3.8, 4) is 0 Å². The number of anilines is 1. The number of nitrogens with zero attached hydrogens (tertiary/aromatic N) is 2. The number of aromatic nitrogens is 1. The first kappa shape index (κ1) is 14.3. The van der Waals surface area contributed by atoms with E-state index in [0.717, 1.165) is 19.3 Å². The number of sulfonamides is 1. The number of hydrogen-bond donors (Lipinski definition) is 1. The first-order valence-electron chi connectivity index (χ1n) is 6.53. The van der Waals surface area contributed by atoms with Crippen LogP contribution in [0.3, 0.4) is 0 Å². The third-order valence-corrected chi connectivity index (χ3v) is 5.58. The molecule has 0 saturated carbocycles. The van der Waals surface area contributed by atoms with E-state index in [-0.39, 0.29) is 10.3 Å². The van der Waals surface area contributed by atoms with E-state index >= 15 is 0 Å². The van der Waals surface area contributed by atoms with E-state index in [1.165, 1.54) is 18.3 Å². The number of pyridine rings is 1. The Morgan fingerprint density at radius 3 is 2.63 bits per heavy atom. The minimum Gasteiger partial charge on any atom is -0.384 e. The van der Waals surface area contributed by atoms with Crippen molar-refractivity contribution >= 4 is 15.8 Å². The Hall–Kier alpha value is -1.14. The molecule has 1 aliphatic rings. The largest absolute Gasteiger partial charge is 0.384 e. The van der Waals surface area contributed by atoms with E-state index in [1.54, 1.807) is 4.31 Å². The van der Waals surface area contributed by atoms with Crippen LogP contribution in [0.2, 0.25) is 0 Å². The van der Waals surface area contributed by atoms with Gasteiger partial charge in [-0.25, -0.2) is 13.4 Å². The van der Waals surface area contributed by atoms with Crippen molar-refractivity contribution in [1.82, 2.24) is 9.29 Å². The second-order valence-electron chi connectivity index (χ2n) is 5.84. The smallest absolute Gasteiger partial charge is 0.244 e. The SMILES string of the molecule is CC1(C)CCCN(S(=O)(=O)c2ccc(N)nc2)CC1. The molecule has 0 spiro atoms. The minimum atomic E-state index is -3.44. The molecule has 1 saturated heterocycles. The predicted molar refractivity (Wildman–Crippen MR) is 75.0 cm³/mol. The van der Waals surface area contributed by atoms with Crippen molar-refractivity contribution in [2.75, 3.05) is 18.8 Å². The summed E-state index contributed by atoms with van der Waals surface area (Å²) >= 11 is 0. The molecular weight excluding hydrogens is 262 g/mol. The molecule has 0 aromatic carbocycles. The van der Waals surface area contributed by atoms with Crippen molar-refractivity contribution in [3.63, 3.8) is 0 Å². The lowest BCUT2D eigenvalue weighted by Gasteiger charge is -2.23. The summed E-state index contributed by atoms with van der Waals surface area (Å²) in [5, 5.41) is 0. The molecule has 0 amide bonds. The summed E-state index contributed by atoms with van der Waals surface area (Å²) in [4.78, 5) is 4.09. The number of nitrogen functional groups attached to an aromatic ring is 1. The standard InChI is InChI=1S/C13H21N3O2S/c1-13(2)6-3-8-16(9-7-13)19(17,18)11-4-5-12(14)15-10-11/h4-5,10H,3,6-9H2,1-2H3,(H2,14,15).